The van der Waals surface area contributed by atoms with Crippen LogP contribution in [0.25, 0.3) is 0 Å². The number of carbonyl (C=O) groups is 1. The van der Waals surface area contributed by atoms with Gasteiger partial charge in [0.05, 0.1) is 18.8 Å². The van der Waals surface area contributed by atoms with Crippen molar-refractivity contribution in [3.63, 3.8) is 0 Å². The molecule has 1 aromatic heterocycles. The lowest BCUT2D eigenvalue weighted by molar-refractivity contribution is 0.0674. The second kappa shape index (κ2) is 10.3. The number of carbonyl (C=O) groups excluding carboxylic acids is 1. The number of aromatic nitrogens is 3. The summed E-state index contributed by atoms with van der Waals surface area (Å²) in [7, 11) is 1.64. The summed E-state index contributed by atoms with van der Waals surface area (Å²) in [6.45, 7) is 3.48. The zero-order valence-corrected chi connectivity index (χ0v) is 15.8. The van der Waals surface area contributed by atoms with E-state index >= 15 is 0 Å². The van der Waals surface area contributed by atoms with Crippen molar-refractivity contribution < 1.29 is 9.53 Å². The first-order valence-electron chi connectivity index (χ1n) is 8.72. The summed E-state index contributed by atoms with van der Waals surface area (Å²) in [6.07, 6.45) is 3.80. The minimum absolute atomic E-state index is 0. The van der Waals surface area contributed by atoms with Crippen LogP contribution in [0.1, 0.15) is 34.9 Å². The number of ether oxygens (including phenoxy) is 1. The first-order chi connectivity index (χ1) is 12.3. The van der Waals surface area contributed by atoms with Gasteiger partial charge in [0.15, 0.2) is 5.69 Å². The molecule has 2 aromatic rings. The van der Waals surface area contributed by atoms with Gasteiger partial charge in [0, 0.05) is 20.2 Å². The third-order valence-electron chi connectivity index (χ3n) is 4.48. The van der Waals surface area contributed by atoms with E-state index in [9.17, 15) is 4.79 Å². The number of hydrogen-bond acceptors (Lipinski definition) is 5. The van der Waals surface area contributed by atoms with Gasteiger partial charge in [-0.05, 0) is 31.5 Å². The summed E-state index contributed by atoms with van der Waals surface area (Å²) in [5.41, 5.74) is 1.48. The number of amides is 1. The minimum Gasteiger partial charge on any atom is -0.383 e. The lowest BCUT2D eigenvalue weighted by Crippen LogP contribution is -2.33. The van der Waals surface area contributed by atoms with Crippen LogP contribution in [0.5, 0.6) is 0 Å². The highest BCUT2D eigenvalue weighted by atomic mass is 35.5. The average molecular weight is 380 g/mol. The Hall–Kier alpha value is -1.96. The zero-order valence-electron chi connectivity index (χ0n) is 15.0. The van der Waals surface area contributed by atoms with Crippen molar-refractivity contribution in [1.82, 2.24) is 25.2 Å². The Labute approximate surface area is 160 Å². The smallest absolute Gasteiger partial charge is 0.276 e. The maximum atomic E-state index is 12.9. The monoisotopic (exact) mass is 379 g/mol. The van der Waals surface area contributed by atoms with Crippen LogP contribution in [0.15, 0.2) is 36.5 Å². The largest absolute Gasteiger partial charge is 0.383 e. The second-order valence-corrected chi connectivity index (χ2v) is 6.27. The van der Waals surface area contributed by atoms with E-state index in [1.807, 2.05) is 35.0 Å². The van der Waals surface area contributed by atoms with E-state index in [1.54, 1.807) is 18.2 Å². The molecule has 0 bridgehead atoms. The number of benzene rings is 1. The number of methoxy groups -OCH3 is 1. The van der Waals surface area contributed by atoms with Crippen molar-refractivity contribution in [3.8, 4) is 0 Å². The van der Waals surface area contributed by atoms with Crippen LogP contribution < -0.4 is 5.32 Å². The maximum absolute atomic E-state index is 12.9. The molecular formula is C18H26ClN5O2. The molecule has 1 saturated heterocycles. The molecule has 1 N–H and O–H groups in total. The molecule has 0 unspecified atom stereocenters. The highest BCUT2D eigenvalue weighted by Crippen LogP contribution is 2.18. The Morgan fingerprint density at radius 3 is 2.73 bits per heavy atom. The number of piperidine rings is 1. The van der Waals surface area contributed by atoms with Gasteiger partial charge in [0.2, 0.25) is 0 Å². The van der Waals surface area contributed by atoms with Gasteiger partial charge in [-0.3, -0.25) is 4.79 Å². The van der Waals surface area contributed by atoms with Crippen LogP contribution in [0.3, 0.4) is 0 Å². The standard InChI is InChI=1S/C18H25N5O2.ClH/c1-25-12-11-22(13-15-5-3-2-4-6-15)18(24)17-14-23(21-20-17)16-7-9-19-10-8-16;/h2-6,14,16,19H,7-13H2,1H3;1H. The molecule has 0 spiro atoms. The average Bonchev–Trinajstić information content (AvgIpc) is 3.16. The zero-order chi connectivity index (χ0) is 17.5. The van der Waals surface area contributed by atoms with Crippen LogP contribution >= 0.6 is 12.4 Å². The molecule has 0 atom stereocenters. The molecule has 1 fully saturated rings. The maximum Gasteiger partial charge on any atom is 0.276 e. The predicted molar refractivity (Wildman–Crippen MR) is 101 cm³/mol. The van der Waals surface area contributed by atoms with Crippen LogP contribution in [-0.4, -0.2) is 59.2 Å². The van der Waals surface area contributed by atoms with Gasteiger partial charge in [-0.1, -0.05) is 35.5 Å². The van der Waals surface area contributed by atoms with Gasteiger partial charge >= 0.3 is 0 Å². The van der Waals surface area contributed by atoms with Crippen LogP contribution in [0.2, 0.25) is 0 Å². The lowest BCUT2D eigenvalue weighted by atomic mass is 10.1. The van der Waals surface area contributed by atoms with E-state index in [2.05, 4.69) is 15.6 Å². The van der Waals surface area contributed by atoms with Crippen molar-refractivity contribution in [2.45, 2.75) is 25.4 Å². The lowest BCUT2D eigenvalue weighted by Gasteiger charge is -2.22. The Morgan fingerprint density at radius 2 is 2.04 bits per heavy atom. The summed E-state index contributed by atoms with van der Waals surface area (Å²) in [5, 5.41) is 11.6. The fourth-order valence-electron chi connectivity index (χ4n) is 3.04. The van der Waals surface area contributed by atoms with Gasteiger partial charge in [0.25, 0.3) is 5.91 Å². The molecule has 1 aliphatic rings. The molecule has 3 rings (SSSR count). The van der Waals surface area contributed by atoms with Crippen LogP contribution in [-0.2, 0) is 11.3 Å². The van der Waals surface area contributed by atoms with Crippen molar-refractivity contribution in [3.05, 3.63) is 47.8 Å². The number of rotatable bonds is 7. The Bertz CT molecular complexity index is 673. The van der Waals surface area contributed by atoms with Crippen molar-refractivity contribution in [1.29, 1.82) is 0 Å². The van der Waals surface area contributed by atoms with Crippen molar-refractivity contribution in [2.75, 3.05) is 33.4 Å². The molecule has 1 aromatic carbocycles. The number of halogens is 1. The molecule has 26 heavy (non-hydrogen) atoms. The van der Waals surface area contributed by atoms with Crippen molar-refractivity contribution >= 4 is 18.3 Å². The summed E-state index contributed by atoms with van der Waals surface area (Å²) in [4.78, 5) is 14.7. The first-order valence-corrected chi connectivity index (χ1v) is 8.72. The van der Waals surface area contributed by atoms with E-state index < -0.39 is 0 Å². The Kier molecular flexibility index (Phi) is 8.03. The number of hydrogen-bond donors (Lipinski definition) is 1. The molecule has 1 amide bonds. The van der Waals surface area contributed by atoms with Gasteiger partial charge in [-0.2, -0.15) is 0 Å². The number of nitrogens with one attached hydrogen (secondary N) is 1. The summed E-state index contributed by atoms with van der Waals surface area (Å²) >= 11 is 0. The molecule has 8 heteroatoms. The molecular weight excluding hydrogens is 354 g/mol. The molecule has 2 heterocycles. The highest BCUT2D eigenvalue weighted by Gasteiger charge is 2.22. The number of nitrogens with zero attached hydrogens (tertiary/aromatic N) is 4. The van der Waals surface area contributed by atoms with Crippen molar-refractivity contribution in [2.24, 2.45) is 0 Å². The summed E-state index contributed by atoms with van der Waals surface area (Å²) < 4.78 is 6.99. The quantitative estimate of drug-likeness (QED) is 0.795. The predicted octanol–water partition coefficient (Wildman–Crippen LogP) is 1.91. The van der Waals surface area contributed by atoms with Gasteiger partial charge < -0.3 is 15.0 Å². The summed E-state index contributed by atoms with van der Waals surface area (Å²) in [5.74, 6) is -0.110. The SMILES string of the molecule is COCCN(Cc1ccccc1)C(=O)c1cn(C2CCNCC2)nn1.Cl. The Morgan fingerprint density at radius 1 is 1.31 bits per heavy atom. The van der Waals surface area contributed by atoms with Gasteiger partial charge in [-0.15, -0.1) is 17.5 Å². The minimum atomic E-state index is -0.110. The van der Waals surface area contributed by atoms with Crippen LogP contribution in [0.4, 0.5) is 0 Å². The van der Waals surface area contributed by atoms with E-state index in [0.717, 1.165) is 31.5 Å². The summed E-state index contributed by atoms with van der Waals surface area (Å²) in [6, 6.07) is 10.3. The molecule has 1 aliphatic heterocycles. The molecule has 0 saturated carbocycles. The molecule has 7 nitrogen and oxygen atoms in total. The Balaban J connectivity index is 0.00000243. The van der Waals surface area contributed by atoms with Gasteiger partial charge in [0.1, 0.15) is 0 Å². The second-order valence-electron chi connectivity index (χ2n) is 6.27. The topological polar surface area (TPSA) is 72.3 Å². The molecule has 0 radical (unpaired) electrons. The van der Waals surface area contributed by atoms with E-state index in [1.165, 1.54) is 0 Å². The molecule has 142 valence electrons. The fraction of sp³-hybridized carbons (Fsp3) is 0.500. The molecule has 0 aliphatic carbocycles. The third-order valence-corrected chi connectivity index (χ3v) is 4.48. The highest BCUT2D eigenvalue weighted by molar-refractivity contribution is 5.91. The van der Waals surface area contributed by atoms with E-state index in [4.69, 9.17) is 4.74 Å². The fourth-order valence-corrected chi connectivity index (χ4v) is 3.04. The van der Waals surface area contributed by atoms with E-state index in [0.29, 0.717) is 31.4 Å². The van der Waals surface area contributed by atoms with Gasteiger partial charge in [-0.25, -0.2) is 4.68 Å². The van der Waals surface area contributed by atoms with Crippen LogP contribution in [0, 0.1) is 0 Å². The first kappa shape index (κ1) is 20.4. The third kappa shape index (κ3) is 5.27. The van der Waals surface area contributed by atoms with E-state index in [-0.39, 0.29) is 18.3 Å². The normalized spacial score (nSPS) is 14.7.